The number of carboxylic acids is 1. The number of nitrogens with zero attached hydrogens (tertiary/aromatic N) is 2. The number of aromatic carboxylic acids is 1. The minimum atomic E-state index is -1.15. The van der Waals surface area contributed by atoms with Crippen LogP contribution in [0.1, 0.15) is 10.4 Å². The summed E-state index contributed by atoms with van der Waals surface area (Å²) in [5, 5.41) is 9.67. The molecule has 5 nitrogen and oxygen atoms in total. The number of ether oxygens (including phenoxy) is 1. The van der Waals surface area contributed by atoms with E-state index >= 15 is 0 Å². The van der Waals surface area contributed by atoms with Crippen molar-refractivity contribution in [1.82, 2.24) is 9.97 Å². The van der Waals surface area contributed by atoms with Gasteiger partial charge in [0, 0.05) is 5.02 Å². The van der Waals surface area contributed by atoms with Crippen molar-refractivity contribution >= 4 is 29.2 Å². The van der Waals surface area contributed by atoms with Crippen LogP contribution in [-0.4, -0.2) is 21.0 Å². The highest BCUT2D eigenvalue weighted by Gasteiger charge is 2.13. The predicted octanol–water partition coefficient (Wildman–Crippen LogP) is 3.27. The number of hydrogen-bond donors (Lipinski definition) is 1. The van der Waals surface area contributed by atoms with E-state index < -0.39 is 5.97 Å². The topological polar surface area (TPSA) is 72.3 Å². The van der Waals surface area contributed by atoms with Crippen molar-refractivity contribution in [3.05, 3.63) is 46.2 Å². The third-order valence-corrected chi connectivity index (χ3v) is 2.40. The summed E-state index contributed by atoms with van der Waals surface area (Å²) in [6, 6.07) is 4.24. The molecule has 2 rings (SSSR count). The van der Waals surface area contributed by atoms with E-state index in [1.54, 1.807) is 0 Å². The Morgan fingerprint density at radius 1 is 1.17 bits per heavy atom. The van der Waals surface area contributed by atoms with Crippen LogP contribution in [0.4, 0.5) is 0 Å². The molecule has 0 saturated heterocycles. The van der Waals surface area contributed by atoms with Crippen molar-refractivity contribution in [2.24, 2.45) is 0 Å². The van der Waals surface area contributed by atoms with Gasteiger partial charge in [0.05, 0.1) is 17.4 Å². The van der Waals surface area contributed by atoms with Gasteiger partial charge in [-0.15, -0.1) is 0 Å². The maximum absolute atomic E-state index is 11.0. The molecule has 1 aromatic carbocycles. The molecule has 0 saturated carbocycles. The Bertz CT molecular complexity index is 587. The van der Waals surface area contributed by atoms with Crippen LogP contribution in [0.2, 0.25) is 10.0 Å². The summed E-state index contributed by atoms with van der Waals surface area (Å²) >= 11 is 11.3. The van der Waals surface area contributed by atoms with Crippen molar-refractivity contribution in [1.29, 1.82) is 0 Å². The fourth-order valence-electron chi connectivity index (χ4n) is 1.21. The van der Waals surface area contributed by atoms with E-state index in [0.29, 0.717) is 10.0 Å². The van der Waals surface area contributed by atoms with Gasteiger partial charge in [-0.25, -0.2) is 14.8 Å². The van der Waals surface area contributed by atoms with Gasteiger partial charge in [-0.1, -0.05) is 23.2 Å². The van der Waals surface area contributed by atoms with E-state index in [1.807, 2.05) is 0 Å². The van der Waals surface area contributed by atoms with E-state index in [4.69, 9.17) is 33.0 Å². The van der Waals surface area contributed by atoms with Crippen LogP contribution in [-0.2, 0) is 0 Å². The summed E-state index contributed by atoms with van der Waals surface area (Å²) in [5.41, 5.74) is -0.0685. The van der Waals surface area contributed by atoms with Crippen LogP contribution in [0, 0.1) is 0 Å². The molecular formula is C11H6Cl2N2O3. The molecule has 0 aliphatic heterocycles. The number of benzene rings is 1. The maximum Gasteiger partial charge on any atom is 0.339 e. The molecule has 1 heterocycles. The van der Waals surface area contributed by atoms with Gasteiger partial charge >= 0.3 is 12.0 Å². The van der Waals surface area contributed by atoms with Crippen molar-refractivity contribution in [3.63, 3.8) is 0 Å². The zero-order valence-corrected chi connectivity index (χ0v) is 10.3. The minimum Gasteiger partial charge on any atom is -0.478 e. The highest BCUT2D eigenvalue weighted by atomic mass is 35.5. The summed E-state index contributed by atoms with van der Waals surface area (Å²) in [6.07, 6.45) is 2.69. The van der Waals surface area contributed by atoms with Gasteiger partial charge < -0.3 is 9.84 Å². The van der Waals surface area contributed by atoms with Crippen molar-refractivity contribution in [2.75, 3.05) is 0 Å². The zero-order valence-electron chi connectivity index (χ0n) is 8.80. The molecule has 0 aliphatic rings. The Morgan fingerprint density at radius 2 is 1.83 bits per heavy atom. The van der Waals surface area contributed by atoms with Crippen LogP contribution in [0.5, 0.6) is 11.8 Å². The van der Waals surface area contributed by atoms with Crippen molar-refractivity contribution < 1.29 is 14.6 Å². The molecule has 0 fully saturated rings. The molecule has 0 bridgehead atoms. The molecule has 0 amide bonds. The lowest BCUT2D eigenvalue weighted by Gasteiger charge is -2.07. The Hall–Kier alpha value is -1.85. The molecule has 18 heavy (non-hydrogen) atoms. The molecule has 1 N–H and O–H groups in total. The number of carbonyl (C=O) groups is 1. The molecule has 1 aromatic heterocycles. The van der Waals surface area contributed by atoms with E-state index in [0.717, 1.165) is 0 Å². The molecule has 2 aromatic rings. The standard InChI is InChI=1S/C11H6Cl2N2O3/c12-6-1-2-9(8(3-6)10(16)17)18-11-14-4-7(13)5-15-11/h1-5H,(H,16,17). The summed E-state index contributed by atoms with van der Waals surface area (Å²) in [6.45, 7) is 0. The minimum absolute atomic E-state index is 0.00391. The van der Waals surface area contributed by atoms with Gasteiger partial charge in [0.25, 0.3) is 0 Å². The average Bonchev–Trinajstić information content (AvgIpc) is 2.34. The highest BCUT2D eigenvalue weighted by molar-refractivity contribution is 6.31. The number of carboxylic acid groups (broad SMARTS) is 1. The van der Waals surface area contributed by atoms with Gasteiger partial charge in [-0.05, 0) is 18.2 Å². The van der Waals surface area contributed by atoms with Crippen LogP contribution in [0.25, 0.3) is 0 Å². The summed E-state index contributed by atoms with van der Waals surface area (Å²) in [4.78, 5) is 18.6. The van der Waals surface area contributed by atoms with Gasteiger partial charge in [-0.3, -0.25) is 0 Å². The highest BCUT2D eigenvalue weighted by Crippen LogP contribution is 2.26. The quantitative estimate of drug-likeness (QED) is 0.936. The van der Waals surface area contributed by atoms with Crippen LogP contribution in [0.15, 0.2) is 30.6 Å². The number of rotatable bonds is 3. The smallest absolute Gasteiger partial charge is 0.339 e. The van der Waals surface area contributed by atoms with Gasteiger partial charge in [0.2, 0.25) is 0 Å². The first kappa shape index (κ1) is 12.6. The van der Waals surface area contributed by atoms with Gasteiger partial charge in [-0.2, -0.15) is 0 Å². The zero-order chi connectivity index (χ0) is 13.1. The fraction of sp³-hybridized carbons (Fsp3) is 0. The van der Waals surface area contributed by atoms with Crippen LogP contribution < -0.4 is 4.74 Å². The molecule has 7 heteroatoms. The molecule has 92 valence electrons. The maximum atomic E-state index is 11.0. The third-order valence-electron chi connectivity index (χ3n) is 1.97. The summed E-state index contributed by atoms with van der Waals surface area (Å²) in [7, 11) is 0. The van der Waals surface area contributed by atoms with Crippen LogP contribution >= 0.6 is 23.2 Å². The average molecular weight is 285 g/mol. The number of aromatic nitrogens is 2. The Labute approximate surface area is 112 Å². The summed E-state index contributed by atoms with van der Waals surface area (Å²) in [5.74, 6) is -1.05. The SMILES string of the molecule is O=C(O)c1cc(Cl)ccc1Oc1ncc(Cl)cn1. The lowest BCUT2D eigenvalue weighted by molar-refractivity contribution is 0.0694. The monoisotopic (exact) mass is 284 g/mol. The van der Waals surface area contributed by atoms with Gasteiger partial charge in [0.1, 0.15) is 11.3 Å². The van der Waals surface area contributed by atoms with E-state index in [1.165, 1.54) is 30.6 Å². The largest absolute Gasteiger partial charge is 0.478 e. The number of hydrogen-bond acceptors (Lipinski definition) is 4. The number of halogens is 2. The third kappa shape index (κ3) is 2.88. The van der Waals surface area contributed by atoms with Crippen LogP contribution in [0.3, 0.4) is 0 Å². The first-order chi connectivity index (χ1) is 8.56. The van der Waals surface area contributed by atoms with E-state index in [9.17, 15) is 4.79 Å². The second-order valence-corrected chi connectivity index (χ2v) is 4.10. The lowest BCUT2D eigenvalue weighted by atomic mass is 10.2. The molecule has 0 radical (unpaired) electrons. The second-order valence-electron chi connectivity index (χ2n) is 3.23. The normalized spacial score (nSPS) is 10.1. The van der Waals surface area contributed by atoms with E-state index in [-0.39, 0.29) is 17.3 Å². The second kappa shape index (κ2) is 5.20. The van der Waals surface area contributed by atoms with Crippen molar-refractivity contribution in [3.8, 4) is 11.8 Å². The Kier molecular flexibility index (Phi) is 3.64. The molecule has 0 spiro atoms. The molecule has 0 aliphatic carbocycles. The molecule has 0 atom stereocenters. The van der Waals surface area contributed by atoms with Crippen molar-refractivity contribution in [2.45, 2.75) is 0 Å². The van der Waals surface area contributed by atoms with Gasteiger partial charge in [0.15, 0.2) is 0 Å². The molecular weight excluding hydrogens is 279 g/mol. The molecule has 0 unspecified atom stereocenters. The fourth-order valence-corrected chi connectivity index (χ4v) is 1.48. The van der Waals surface area contributed by atoms with E-state index in [2.05, 4.69) is 9.97 Å². The first-order valence-electron chi connectivity index (χ1n) is 4.74. The summed E-state index contributed by atoms with van der Waals surface area (Å²) < 4.78 is 5.26. The predicted molar refractivity (Wildman–Crippen MR) is 65.5 cm³/mol. The lowest BCUT2D eigenvalue weighted by Crippen LogP contribution is -2.01. The Morgan fingerprint density at radius 3 is 2.44 bits per heavy atom. The Balaban J connectivity index is 2.34. The first-order valence-corrected chi connectivity index (χ1v) is 5.50.